The molecule has 0 fully saturated rings. The van der Waals surface area contributed by atoms with Crippen molar-refractivity contribution in [3.63, 3.8) is 0 Å². The molecule has 0 spiro atoms. The number of carbonyl (C=O) groups excluding carboxylic acids is 2. The molecule has 8 nitrogen and oxygen atoms in total. The smallest absolute Gasteiger partial charge is 0.185 e. The zero-order chi connectivity index (χ0) is 26.9. The van der Waals surface area contributed by atoms with Gasteiger partial charge in [0.15, 0.2) is 34.6 Å². The van der Waals surface area contributed by atoms with Gasteiger partial charge in [0.2, 0.25) is 0 Å². The van der Waals surface area contributed by atoms with Crippen molar-refractivity contribution in [3.05, 3.63) is 82.9 Å². The lowest BCUT2D eigenvalue weighted by atomic mass is 10.0. The van der Waals surface area contributed by atoms with E-state index >= 15 is 0 Å². The standard InChI is InChI=1S/C29H28O8/c1-33-22-14-20(6-10-23(30)18-8-12-25(34-2)27(16-18)36-4)29(32)21(15-22)7-11-24(31)19-9-13-26(35-3)28(17-19)37-5/h6-17,32H,1-5H3/b10-6+,11-7+. The highest BCUT2D eigenvalue weighted by Crippen LogP contribution is 2.32. The van der Waals surface area contributed by atoms with E-state index in [-0.39, 0.29) is 17.3 Å². The summed E-state index contributed by atoms with van der Waals surface area (Å²) in [7, 11) is 7.48. The Kier molecular flexibility index (Phi) is 8.94. The van der Waals surface area contributed by atoms with Crippen molar-refractivity contribution >= 4 is 23.7 Å². The molecule has 0 radical (unpaired) electrons. The van der Waals surface area contributed by atoms with Crippen molar-refractivity contribution in [1.29, 1.82) is 0 Å². The Hall–Kier alpha value is -4.72. The molecule has 1 N–H and O–H groups in total. The number of phenols is 1. The lowest BCUT2D eigenvalue weighted by Crippen LogP contribution is -1.98. The molecule has 0 aliphatic carbocycles. The molecular formula is C29H28O8. The van der Waals surface area contributed by atoms with Gasteiger partial charge in [0.1, 0.15) is 11.5 Å². The minimum absolute atomic E-state index is 0.117. The number of carbonyl (C=O) groups is 2. The van der Waals surface area contributed by atoms with Crippen LogP contribution in [0.1, 0.15) is 31.8 Å². The number of aromatic hydroxyl groups is 1. The van der Waals surface area contributed by atoms with Gasteiger partial charge in [-0.1, -0.05) is 0 Å². The van der Waals surface area contributed by atoms with Crippen LogP contribution < -0.4 is 23.7 Å². The number of hydrogen-bond acceptors (Lipinski definition) is 8. The Morgan fingerprint density at radius 1 is 0.595 bits per heavy atom. The highest BCUT2D eigenvalue weighted by Gasteiger charge is 2.12. The van der Waals surface area contributed by atoms with Gasteiger partial charge in [-0.3, -0.25) is 9.59 Å². The Labute approximate surface area is 215 Å². The zero-order valence-corrected chi connectivity index (χ0v) is 21.2. The minimum atomic E-state index is -0.302. The number of methoxy groups -OCH3 is 5. The predicted octanol–water partition coefficient (Wildman–Crippen LogP) is 5.23. The summed E-state index contributed by atoms with van der Waals surface area (Å²) in [6.07, 6.45) is 5.62. The summed E-state index contributed by atoms with van der Waals surface area (Å²) in [4.78, 5) is 25.5. The number of rotatable bonds is 11. The first kappa shape index (κ1) is 26.9. The second-order valence-corrected chi connectivity index (χ2v) is 7.69. The van der Waals surface area contributed by atoms with E-state index < -0.39 is 0 Å². The van der Waals surface area contributed by atoms with Crippen LogP contribution in [0.2, 0.25) is 0 Å². The molecule has 0 saturated heterocycles. The number of phenolic OH excluding ortho intramolecular Hbond substituents is 1. The third-order valence-electron chi connectivity index (χ3n) is 5.54. The maximum absolute atomic E-state index is 12.7. The number of benzene rings is 3. The molecule has 3 aromatic carbocycles. The first-order valence-electron chi connectivity index (χ1n) is 11.1. The quantitative estimate of drug-likeness (QED) is 0.280. The maximum Gasteiger partial charge on any atom is 0.185 e. The molecule has 0 unspecified atom stereocenters. The van der Waals surface area contributed by atoms with Gasteiger partial charge in [0.25, 0.3) is 0 Å². The van der Waals surface area contributed by atoms with Crippen LogP contribution in [0.4, 0.5) is 0 Å². The fourth-order valence-electron chi connectivity index (χ4n) is 3.53. The van der Waals surface area contributed by atoms with E-state index in [4.69, 9.17) is 23.7 Å². The van der Waals surface area contributed by atoms with Crippen LogP contribution in [0.3, 0.4) is 0 Å². The first-order chi connectivity index (χ1) is 17.8. The zero-order valence-electron chi connectivity index (χ0n) is 21.2. The predicted molar refractivity (Wildman–Crippen MR) is 140 cm³/mol. The van der Waals surface area contributed by atoms with Crippen molar-refractivity contribution in [1.82, 2.24) is 0 Å². The number of allylic oxidation sites excluding steroid dienone is 2. The molecule has 0 aliphatic rings. The van der Waals surface area contributed by atoms with Crippen molar-refractivity contribution in [2.75, 3.05) is 35.5 Å². The molecule has 0 atom stereocenters. The summed E-state index contributed by atoms with van der Waals surface area (Å²) in [5.74, 6) is 1.59. The van der Waals surface area contributed by atoms with E-state index in [2.05, 4.69) is 0 Å². The molecule has 192 valence electrons. The molecule has 8 heteroatoms. The van der Waals surface area contributed by atoms with Crippen LogP contribution in [0, 0.1) is 0 Å². The normalized spacial score (nSPS) is 10.9. The minimum Gasteiger partial charge on any atom is -0.507 e. The monoisotopic (exact) mass is 504 g/mol. The molecule has 0 aliphatic heterocycles. The van der Waals surface area contributed by atoms with Crippen LogP contribution in [0.25, 0.3) is 12.2 Å². The van der Waals surface area contributed by atoms with E-state index in [1.807, 2.05) is 0 Å². The average molecular weight is 505 g/mol. The molecule has 0 bridgehead atoms. The lowest BCUT2D eigenvalue weighted by Gasteiger charge is -2.09. The van der Waals surface area contributed by atoms with E-state index in [9.17, 15) is 14.7 Å². The third kappa shape index (κ3) is 6.29. The summed E-state index contributed by atoms with van der Waals surface area (Å²) in [6, 6.07) is 12.8. The molecular weight excluding hydrogens is 476 g/mol. The summed E-state index contributed by atoms with van der Waals surface area (Å²) >= 11 is 0. The first-order valence-corrected chi connectivity index (χ1v) is 11.1. The Bertz CT molecular complexity index is 1260. The maximum atomic E-state index is 12.7. The van der Waals surface area contributed by atoms with Gasteiger partial charge in [-0.05, 0) is 72.8 Å². The Morgan fingerprint density at radius 3 is 1.35 bits per heavy atom. The third-order valence-corrected chi connectivity index (χ3v) is 5.54. The second kappa shape index (κ2) is 12.3. The molecule has 0 saturated carbocycles. The van der Waals surface area contributed by atoms with Crippen LogP contribution in [-0.4, -0.2) is 52.2 Å². The van der Waals surface area contributed by atoms with Gasteiger partial charge < -0.3 is 28.8 Å². The van der Waals surface area contributed by atoms with Crippen LogP contribution in [0.15, 0.2) is 60.7 Å². The van der Waals surface area contributed by atoms with Crippen molar-refractivity contribution in [2.24, 2.45) is 0 Å². The van der Waals surface area contributed by atoms with E-state index in [1.54, 1.807) is 48.5 Å². The van der Waals surface area contributed by atoms with Crippen LogP contribution >= 0.6 is 0 Å². The van der Waals surface area contributed by atoms with Gasteiger partial charge >= 0.3 is 0 Å². The highest BCUT2D eigenvalue weighted by molar-refractivity contribution is 6.08. The summed E-state index contributed by atoms with van der Waals surface area (Å²) in [6.45, 7) is 0. The van der Waals surface area contributed by atoms with Gasteiger partial charge in [-0.25, -0.2) is 0 Å². The van der Waals surface area contributed by atoms with Crippen LogP contribution in [0.5, 0.6) is 34.5 Å². The average Bonchev–Trinajstić information content (AvgIpc) is 2.94. The van der Waals surface area contributed by atoms with Crippen molar-refractivity contribution in [3.8, 4) is 34.5 Å². The second-order valence-electron chi connectivity index (χ2n) is 7.69. The van der Waals surface area contributed by atoms with Crippen molar-refractivity contribution in [2.45, 2.75) is 0 Å². The fraction of sp³-hybridized carbons (Fsp3) is 0.172. The summed E-state index contributed by atoms with van der Waals surface area (Å²) < 4.78 is 26.2. The Balaban J connectivity index is 1.87. The van der Waals surface area contributed by atoms with Crippen LogP contribution in [-0.2, 0) is 0 Å². The van der Waals surface area contributed by atoms with E-state index in [0.29, 0.717) is 51.0 Å². The summed E-state index contributed by atoms with van der Waals surface area (Å²) in [5, 5.41) is 10.8. The molecule has 0 aromatic heterocycles. The number of hydrogen-bond donors (Lipinski definition) is 1. The van der Waals surface area contributed by atoms with Gasteiger partial charge in [0.05, 0.1) is 35.5 Å². The van der Waals surface area contributed by atoms with E-state index in [1.165, 1.54) is 59.9 Å². The van der Waals surface area contributed by atoms with Gasteiger partial charge in [0, 0.05) is 22.3 Å². The lowest BCUT2D eigenvalue weighted by molar-refractivity contribution is 0.103. The van der Waals surface area contributed by atoms with Crippen molar-refractivity contribution < 1.29 is 38.4 Å². The molecule has 0 amide bonds. The van der Waals surface area contributed by atoms with E-state index in [0.717, 1.165) is 0 Å². The topological polar surface area (TPSA) is 101 Å². The largest absolute Gasteiger partial charge is 0.507 e. The SMILES string of the molecule is COc1cc(/C=C/C(=O)c2ccc(OC)c(OC)c2)c(O)c(/C=C/C(=O)c2ccc(OC)c(OC)c2)c1. The van der Waals surface area contributed by atoms with Gasteiger partial charge in [-0.15, -0.1) is 0 Å². The highest BCUT2D eigenvalue weighted by atomic mass is 16.5. The molecule has 3 aromatic rings. The summed E-state index contributed by atoms with van der Waals surface area (Å²) in [5.41, 5.74) is 1.45. The van der Waals surface area contributed by atoms with Gasteiger partial charge in [-0.2, -0.15) is 0 Å². The molecule has 0 heterocycles. The molecule has 3 rings (SSSR count). The number of ketones is 2. The Morgan fingerprint density at radius 2 is 1.00 bits per heavy atom. The molecule has 37 heavy (non-hydrogen) atoms. The number of ether oxygens (including phenoxy) is 5. The fourth-order valence-corrected chi connectivity index (χ4v) is 3.53.